The van der Waals surface area contributed by atoms with Crippen molar-refractivity contribution in [1.29, 1.82) is 0 Å². The molecule has 0 amide bonds. The Morgan fingerprint density at radius 2 is 1.93 bits per heavy atom. The number of hydrogen-bond donors (Lipinski definition) is 0. The highest BCUT2D eigenvalue weighted by Crippen LogP contribution is 2.33. The predicted molar refractivity (Wildman–Crippen MR) is 117 cm³/mol. The Bertz CT molecular complexity index is 880. The van der Waals surface area contributed by atoms with Crippen LogP contribution in [-0.2, 0) is 25.9 Å². The number of fused-ring (bicyclic) bond motifs is 2. The molecular weight excluding hydrogens is 358 g/mol. The van der Waals surface area contributed by atoms with E-state index in [0.29, 0.717) is 6.04 Å². The molecule has 29 heavy (non-hydrogen) atoms. The number of hydrogen-bond acceptors (Lipinski definition) is 5. The molecule has 0 aliphatic carbocycles. The molecule has 1 aromatic heterocycles. The van der Waals surface area contributed by atoms with Crippen LogP contribution in [0.5, 0.6) is 0 Å². The Morgan fingerprint density at radius 3 is 2.86 bits per heavy atom. The van der Waals surface area contributed by atoms with Gasteiger partial charge in [0.1, 0.15) is 5.82 Å². The molecule has 0 spiro atoms. The maximum absolute atomic E-state index is 5.06. The van der Waals surface area contributed by atoms with Crippen molar-refractivity contribution < 1.29 is 0 Å². The van der Waals surface area contributed by atoms with Gasteiger partial charge >= 0.3 is 0 Å². The van der Waals surface area contributed by atoms with Crippen molar-refractivity contribution in [3.05, 3.63) is 52.6 Å². The highest BCUT2D eigenvalue weighted by Gasteiger charge is 2.28. The fraction of sp³-hybridized carbons (Fsp3) is 0.583. The molecule has 1 atom stereocenters. The molecule has 1 saturated heterocycles. The lowest BCUT2D eigenvalue weighted by atomic mass is 9.97. The number of aryl methyl sites for hydroxylation is 1. The maximum Gasteiger partial charge on any atom is 0.145 e. The third-order valence-corrected chi connectivity index (χ3v) is 6.94. The van der Waals surface area contributed by atoms with Crippen LogP contribution in [0.25, 0.3) is 0 Å². The summed E-state index contributed by atoms with van der Waals surface area (Å²) in [5.74, 6) is 1.05. The molecule has 0 bridgehead atoms. The summed E-state index contributed by atoms with van der Waals surface area (Å²) in [6.45, 7) is 5.40. The highest BCUT2D eigenvalue weighted by molar-refractivity contribution is 5.56. The van der Waals surface area contributed by atoms with Crippen LogP contribution in [-0.4, -0.2) is 53.5 Å². The van der Waals surface area contributed by atoms with Gasteiger partial charge < -0.3 is 9.80 Å². The average molecular weight is 392 g/mol. The molecule has 0 radical (unpaired) electrons. The van der Waals surface area contributed by atoms with Crippen LogP contribution in [0.3, 0.4) is 0 Å². The van der Waals surface area contributed by atoms with Crippen LogP contribution in [0.4, 0.5) is 5.69 Å². The van der Waals surface area contributed by atoms with Gasteiger partial charge in [-0.3, -0.25) is 4.90 Å². The molecule has 0 unspecified atom stereocenters. The normalized spacial score (nSPS) is 23.0. The van der Waals surface area contributed by atoms with Gasteiger partial charge in [0.25, 0.3) is 0 Å². The van der Waals surface area contributed by atoms with Crippen LogP contribution in [0.1, 0.15) is 59.9 Å². The number of aromatic nitrogens is 2. The lowest BCUT2D eigenvalue weighted by Gasteiger charge is -2.36. The van der Waals surface area contributed by atoms with Crippen molar-refractivity contribution >= 4 is 5.69 Å². The van der Waals surface area contributed by atoms with E-state index in [-0.39, 0.29) is 0 Å². The Hall–Kier alpha value is -1.98. The summed E-state index contributed by atoms with van der Waals surface area (Å²) in [4.78, 5) is 17.3. The van der Waals surface area contributed by atoms with Gasteiger partial charge in [0.2, 0.25) is 0 Å². The molecular formula is C24H33N5. The SMILES string of the molecule is CN1CCc2nc([C@H]3CCCCN3Cc3ccc4c(c3)CCCN4C)ncc2C1. The summed E-state index contributed by atoms with van der Waals surface area (Å²) >= 11 is 0. The molecule has 154 valence electrons. The van der Waals surface area contributed by atoms with E-state index in [1.807, 2.05) is 0 Å². The smallest absolute Gasteiger partial charge is 0.145 e. The number of anilines is 1. The standard InChI is InChI=1S/C24H33N5/c1-27-13-10-21-20(17-27)15-25-24(26-21)23-7-3-4-12-29(23)16-18-8-9-22-19(14-18)6-5-11-28(22)2/h8-9,14-15,23H,3-7,10-13,16-17H2,1-2H3/t23-/m1/s1. The Balaban J connectivity index is 1.37. The second-order valence-corrected chi connectivity index (χ2v) is 9.16. The summed E-state index contributed by atoms with van der Waals surface area (Å²) in [5.41, 5.74) is 6.95. The van der Waals surface area contributed by atoms with Crippen LogP contribution in [0.2, 0.25) is 0 Å². The van der Waals surface area contributed by atoms with E-state index < -0.39 is 0 Å². The lowest BCUT2D eigenvalue weighted by Crippen LogP contribution is -2.35. The third-order valence-electron chi connectivity index (χ3n) is 6.94. The molecule has 3 aliphatic heterocycles. The van der Waals surface area contributed by atoms with E-state index >= 15 is 0 Å². The third kappa shape index (κ3) is 3.90. The molecule has 4 heterocycles. The van der Waals surface area contributed by atoms with E-state index in [9.17, 15) is 0 Å². The zero-order valence-corrected chi connectivity index (χ0v) is 17.9. The van der Waals surface area contributed by atoms with E-state index in [1.165, 1.54) is 66.7 Å². The maximum atomic E-state index is 5.06. The molecule has 0 saturated carbocycles. The van der Waals surface area contributed by atoms with Crippen LogP contribution < -0.4 is 4.90 Å². The lowest BCUT2D eigenvalue weighted by molar-refractivity contribution is 0.133. The van der Waals surface area contributed by atoms with Crippen LogP contribution in [0.15, 0.2) is 24.4 Å². The van der Waals surface area contributed by atoms with Crippen LogP contribution in [0, 0.1) is 0 Å². The van der Waals surface area contributed by atoms with Crippen molar-refractivity contribution in [3.8, 4) is 0 Å². The Morgan fingerprint density at radius 1 is 1.00 bits per heavy atom. The minimum atomic E-state index is 0.354. The highest BCUT2D eigenvalue weighted by atomic mass is 15.2. The molecule has 5 nitrogen and oxygen atoms in total. The minimum Gasteiger partial charge on any atom is -0.374 e. The first-order valence-corrected chi connectivity index (χ1v) is 11.3. The second-order valence-electron chi connectivity index (χ2n) is 9.16. The van der Waals surface area contributed by atoms with Crippen LogP contribution >= 0.6 is 0 Å². The summed E-state index contributed by atoms with van der Waals surface area (Å²) < 4.78 is 0. The van der Waals surface area contributed by atoms with E-state index in [0.717, 1.165) is 38.4 Å². The van der Waals surface area contributed by atoms with Gasteiger partial charge in [0, 0.05) is 62.8 Å². The first-order valence-electron chi connectivity index (χ1n) is 11.3. The fourth-order valence-corrected chi connectivity index (χ4v) is 5.28. The fourth-order valence-electron chi connectivity index (χ4n) is 5.28. The Kier molecular flexibility index (Phi) is 5.27. The summed E-state index contributed by atoms with van der Waals surface area (Å²) in [7, 11) is 4.39. The van der Waals surface area contributed by atoms with Crippen molar-refractivity contribution in [3.63, 3.8) is 0 Å². The Labute approximate surface area is 174 Å². The van der Waals surface area contributed by atoms with Gasteiger partial charge in [-0.15, -0.1) is 0 Å². The molecule has 1 fully saturated rings. The minimum absolute atomic E-state index is 0.354. The number of nitrogens with zero attached hydrogens (tertiary/aromatic N) is 5. The number of likely N-dealkylation sites (N-methyl/N-ethyl adjacent to an activating group) is 1. The van der Waals surface area contributed by atoms with Crippen molar-refractivity contribution in [2.75, 3.05) is 38.6 Å². The van der Waals surface area contributed by atoms with Gasteiger partial charge in [-0.25, -0.2) is 9.97 Å². The molecule has 0 N–H and O–H groups in total. The number of likely N-dealkylation sites (tertiary alicyclic amines) is 1. The second kappa shape index (κ2) is 8.04. The van der Waals surface area contributed by atoms with Gasteiger partial charge in [-0.05, 0) is 56.5 Å². The average Bonchev–Trinajstić information content (AvgIpc) is 2.74. The number of rotatable bonds is 3. The molecule has 5 rings (SSSR count). The first kappa shape index (κ1) is 19.0. The number of piperidine rings is 1. The molecule has 2 aromatic rings. The molecule has 5 heteroatoms. The van der Waals surface area contributed by atoms with E-state index in [4.69, 9.17) is 9.97 Å². The first-order chi connectivity index (χ1) is 14.2. The summed E-state index contributed by atoms with van der Waals surface area (Å²) in [5, 5.41) is 0. The van der Waals surface area contributed by atoms with Gasteiger partial charge in [-0.1, -0.05) is 18.6 Å². The summed E-state index contributed by atoms with van der Waals surface area (Å²) in [6.07, 6.45) is 9.34. The largest absolute Gasteiger partial charge is 0.374 e. The molecule has 3 aliphatic rings. The van der Waals surface area contributed by atoms with Gasteiger partial charge in [0.15, 0.2) is 0 Å². The quantitative estimate of drug-likeness (QED) is 0.799. The van der Waals surface area contributed by atoms with Gasteiger partial charge in [-0.2, -0.15) is 0 Å². The topological polar surface area (TPSA) is 35.5 Å². The zero-order valence-electron chi connectivity index (χ0n) is 17.9. The van der Waals surface area contributed by atoms with Crippen molar-refractivity contribution in [2.24, 2.45) is 0 Å². The zero-order chi connectivity index (χ0) is 19.8. The van der Waals surface area contributed by atoms with Crippen molar-refractivity contribution in [1.82, 2.24) is 19.8 Å². The van der Waals surface area contributed by atoms with Gasteiger partial charge in [0.05, 0.1) is 6.04 Å². The monoisotopic (exact) mass is 391 g/mol. The van der Waals surface area contributed by atoms with E-state index in [1.54, 1.807) is 0 Å². The van der Waals surface area contributed by atoms with Crippen molar-refractivity contribution in [2.45, 2.75) is 57.7 Å². The summed E-state index contributed by atoms with van der Waals surface area (Å²) in [6, 6.07) is 7.46. The molecule has 1 aromatic carbocycles. The van der Waals surface area contributed by atoms with E-state index in [2.05, 4.69) is 53.2 Å². The predicted octanol–water partition coefficient (Wildman–Crippen LogP) is 3.57. The number of benzene rings is 1.